The summed E-state index contributed by atoms with van der Waals surface area (Å²) in [5, 5.41) is 3.04. The minimum Gasteiger partial charge on any atom is -0.456 e. The Hall–Kier alpha value is -3.33. The number of amides is 1. The van der Waals surface area contributed by atoms with Crippen molar-refractivity contribution in [3.63, 3.8) is 0 Å². The van der Waals surface area contributed by atoms with Gasteiger partial charge in [0.05, 0.1) is 33.8 Å². The number of allylic oxidation sites excluding steroid dienone is 17. The van der Waals surface area contributed by atoms with Crippen molar-refractivity contribution in [1.29, 1.82) is 0 Å². The summed E-state index contributed by atoms with van der Waals surface area (Å²) in [6.07, 6.45) is 78.1. The van der Waals surface area contributed by atoms with Crippen LogP contribution in [0.25, 0.3) is 0 Å². The molecule has 0 aliphatic carbocycles. The average Bonchev–Trinajstić information content (AvgIpc) is 3.40. The second-order valence-corrected chi connectivity index (χ2v) is 23.7. The summed E-state index contributed by atoms with van der Waals surface area (Å²) in [5.41, 5.74) is 0. The van der Waals surface area contributed by atoms with Gasteiger partial charge in [-0.2, -0.15) is 0 Å². The van der Waals surface area contributed by atoms with Gasteiger partial charge in [0.15, 0.2) is 0 Å². The molecule has 3 unspecified atom stereocenters. The third kappa shape index (κ3) is 57.4. The fourth-order valence-electron chi connectivity index (χ4n) is 8.67. The molecule has 0 aromatic rings. The molecule has 10 heteroatoms. The number of esters is 1. The molecule has 0 aliphatic rings. The van der Waals surface area contributed by atoms with E-state index in [1.54, 1.807) is 0 Å². The van der Waals surface area contributed by atoms with Crippen molar-refractivity contribution in [1.82, 2.24) is 5.32 Å². The summed E-state index contributed by atoms with van der Waals surface area (Å²) in [4.78, 5) is 37.7. The molecular weight excluding hydrogens is 988 g/mol. The summed E-state index contributed by atoms with van der Waals surface area (Å²) in [6.45, 7) is 6.74. The number of phosphoric acid groups is 1. The lowest BCUT2D eigenvalue weighted by atomic mass is 10.0. The first-order chi connectivity index (χ1) is 37.9. The van der Waals surface area contributed by atoms with E-state index in [0.717, 1.165) is 116 Å². The first-order valence-corrected chi connectivity index (χ1v) is 33.2. The minimum absolute atomic E-state index is 0.0307. The highest BCUT2D eigenvalue weighted by atomic mass is 31.2. The highest BCUT2D eigenvalue weighted by Crippen LogP contribution is 2.43. The Kier molecular flexibility index (Phi) is 54.5. The van der Waals surface area contributed by atoms with Gasteiger partial charge in [-0.1, -0.05) is 259 Å². The van der Waals surface area contributed by atoms with E-state index in [2.05, 4.69) is 123 Å². The van der Waals surface area contributed by atoms with E-state index < -0.39 is 20.0 Å². The average molecular weight is 1110 g/mol. The zero-order chi connectivity index (χ0) is 57.2. The Morgan fingerprint density at radius 1 is 0.474 bits per heavy atom. The van der Waals surface area contributed by atoms with Crippen molar-refractivity contribution >= 4 is 19.7 Å². The van der Waals surface area contributed by atoms with E-state index in [9.17, 15) is 19.0 Å². The van der Waals surface area contributed by atoms with E-state index in [1.165, 1.54) is 109 Å². The lowest BCUT2D eigenvalue weighted by Crippen LogP contribution is -2.47. The maximum absolute atomic E-state index is 13.5. The summed E-state index contributed by atoms with van der Waals surface area (Å²) < 4.78 is 30.7. The van der Waals surface area contributed by atoms with Gasteiger partial charge in [0.25, 0.3) is 0 Å². The molecule has 0 aromatic carbocycles. The van der Waals surface area contributed by atoms with E-state index in [4.69, 9.17) is 13.8 Å². The monoisotopic (exact) mass is 1110 g/mol. The Labute approximate surface area is 481 Å². The zero-order valence-electron chi connectivity index (χ0n) is 51.1. The normalized spacial score (nSPS) is 14.4. The maximum Gasteiger partial charge on any atom is 0.472 e. The van der Waals surface area contributed by atoms with Crippen LogP contribution >= 0.6 is 7.82 Å². The molecule has 0 aliphatic heterocycles. The van der Waals surface area contributed by atoms with Gasteiger partial charge in [0.1, 0.15) is 19.3 Å². The number of nitrogens with one attached hydrogen (secondary N) is 1. The zero-order valence-corrected chi connectivity index (χ0v) is 52.0. The molecule has 0 aromatic heterocycles. The number of ether oxygens (including phenoxy) is 1. The van der Waals surface area contributed by atoms with Crippen molar-refractivity contribution in [3.8, 4) is 0 Å². The molecule has 2 N–H and O–H groups in total. The van der Waals surface area contributed by atoms with Crippen molar-refractivity contribution in [2.75, 3.05) is 40.9 Å². The SMILES string of the molecule is CC/C=C\C/C=C\C/C=C\C/C=C\C/C=C\CCCCCCCCCCCCCC(=O)OC(/C=C\CCCCCCCCCCCC)C(COP(=O)(O)OCC[N+](C)(C)C)NC(=O)CCCCCCC\C=C/C=C/C=C/CC. The number of unbranched alkanes of at least 4 members (excludes halogenated alkanes) is 26. The predicted octanol–water partition coefficient (Wildman–Crippen LogP) is 19.7. The molecule has 448 valence electrons. The Bertz CT molecular complexity index is 1700. The fraction of sp³-hybridized carbons (Fsp3) is 0.706. The number of hydrogen-bond donors (Lipinski definition) is 2. The van der Waals surface area contributed by atoms with Crippen LogP contribution in [0.5, 0.6) is 0 Å². The predicted molar refractivity (Wildman–Crippen MR) is 337 cm³/mol. The number of phosphoric ester groups is 1. The number of carbonyl (C=O) groups is 2. The molecule has 0 bridgehead atoms. The van der Waals surface area contributed by atoms with Gasteiger partial charge in [0, 0.05) is 12.8 Å². The third-order valence-corrected chi connectivity index (χ3v) is 14.5. The van der Waals surface area contributed by atoms with Crippen LogP contribution in [-0.4, -0.2) is 74.3 Å². The number of hydrogen-bond acceptors (Lipinski definition) is 6. The van der Waals surface area contributed by atoms with Gasteiger partial charge < -0.3 is 19.4 Å². The van der Waals surface area contributed by atoms with E-state index in [0.29, 0.717) is 17.4 Å². The van der Waals surface area contributed by atoms with Crippen LogP contribution in [0.3, 0.4) is 0 Å². The summed E-state index contributed by atoms with van der Waals surface area (Å²) >= 11 is 0. The van der Waals surface area contributed by atoms with Crippen LogP contribution in [-0.2, 0) is 27.9 Å². The Morgan fingerprint density at radius 3 is 1.37 bits per heavy atom. The minimum atomic E-state index is -4.46. The molecule has 0 heterocycles. The van der Waals surface area contributed by atoms with Gasteiger partial charge in [0.2, 0.25) is 5.91 Å². The number of carbonyl (C=O) groups excluding carboxylic acids is 2. The molecule has 0 radical (unpaired) electrons. The lowest BCUT2D eigenvalue weighted by Gasteiger charge is -2.27. The van der Waals surface area contributed by atoms with Gasteiger partial charge in [-0.25, -0.2) is 4.57 Å². The molecule has 9 nitrogen and oxygen atoms in total. The van der Waals surface area contributed by atoms with Crippen molar-refractivity contribution < 1.29 is 37.3 Å². The number of nitrogens with zero attached hydrogens (tertiary/aromatic N) is 1. The van der Waals surface area contributed by atoms with E-state index in [-0.39, 0.29) is 31.5 Å². The number of quaternary nitrogens is 1. The van der Waals surface area contributed by atoms with Gasteiger partial charge in [-0.05, 0) is 96.0 Å². The van der Waals surface area contributed by atoms with Gasteiger partial charge >= 0.3 is 13.8 Å². The molecule has 1 amide bonds. The second-order valence-electron chi connectivity index (χ2n) is 22.2. The third-order valence-electron chi connectivity index (χ3n) is 13.5. The first-order valence-electron chi connectivity index (χ1n) is 31.7. The molecule has 0 saturated carbocycles. The fourth-order valence-corrected chi connectivity index (χ4v) is 9.41. The van der Waals surface area contributed by atoms with Crippen LogP contribution in [0.4, 0.5) is 0 Å². The molecule has 0 fully saturated rings. The largest absolute Gasteiger partial charge is 0.472 e. The smallest absolute Gasteiger partial charge is 0.456 e. The quantitative estimate of drug-likeness (QED) is 0.0156. The molecule has 0 spiro atoms. The molecular formula is C68H120N2O7P+. The highest BCUT2D eigenvalue weighted by Gasteiger charge is 2.30. The Morgan fingerprint density at radius 2 is 0.885 bits per heavy atom. The number of rotatable bonds is 56. The lowest BCUT2D eigenvalue weighted by molar-refractivity contribution is -0.870. The highest BCUT2D eigenvalue weighted by molar-refractivity contribution is 7.47. The first kappa shape index (κ1) is 74.7. The van der Waals surface area contributed by atoms with Crippen molar-refractivity contribution in [3.05, 3.63) is 109 Å². The van der Waals surface area contributed by atoms with Crippen LogP contribution in [0, 0.1) is 0 Å². The number of likely N-dealkylation sites (N-methyl/N-ethyl adjacent to an activating group) is 1. The van der Waals surface area contributed by atoms with Crippen LogP contribution in [0.2, 0.25) is 0 Å². The molecule has 0 rings (SSSR count). The molecule has 3 atom stereocenters. The topological polar surface area (TPSA) is 111 Å². The van der Waals surface area contributed by atoms with Gasteiger partial charge in [-0.15, -0.1) is 0 Å². The van der Waals surface area contributed by atoms with Crippen LogP contribution < -0.4 is 5.32 Å². The van der Waals surface area contributed by atoms with Gasteiger partial charge in [-0.3, -0.25) is 18.6 Å². The standard InChI is InChI=1S/C68H119N2O7P/c1-7-10-13-16-19-22-25-28-29-30-31-32-33-34-35-36-37-38-39-40-41-43-46-49-52-55-58-61-68(72)77-66(59-56-53-50-47-44-27-24-21-18-15-12-9-3)65(64-76-78(73,74)75-63-62-70(4,5)6)69-67(71)60-57-54-51-48-45-42-26-23-20-17-14-11-8-2/h10-11,13-14,17,19-20,22-23,26,28-29,31-32,34-35,56,59,65-66H,7-9,12,15-16,18,21,24-25,27,30,33,36-55,57-58,60-64H2,1-6H3,(H-,69,71,73,74)/p+1/b13-10-,14-11+,20-17+,22-19-,26-23-,29-28-,32-31-,35-34-,59-56-. The van der Waals surface area contributed by atoms with Crippen LogP contribution in [0.1, 0.15) is 258 Å². The summed E-state index contributed by atoms with van der Waals surface area (Å²) in [7, 11) is 1.47. The summed E-state index contributed by atoms with van der Waals surface area (Å²) in [5.74, 6) is -0.537. The molecule has 78 heavy (non-hydrogen) atoms. The summed E-state index contributed by atoms with van der Waals surface area (Å²) in [6, 6.07) is -0.866. The van der Waals surface area contributed by atoms with Crippen molar-refractivity contribution in [2.24, 2.45) is 0 Å². The van der Waals surface area contributed by atoms with E-state index >= 15 is 0 Å². The van der Waals surface area contributed by atoms with E-state index in [1.807, 2.05) is 33.3 Å². The van der Waals surface area contributed by atoms with Crippen molar-refractivity contribution in [2.45, 2.75) is 270 Å². The Balaban J connectivity index is 5.10. The molecule has 0 saturated heterocycles. The van der Waals surface area contributed by atoms with Crippen LogP contribution in [0.15, 0.2) is 109 Å². The maximum atomic E-state index is 13.5. The second kappa shape index (κ2) is 56.9.